The highest BCUT2D eigenvalue weighted by Crippen LogP contribution is 2.11. The van der Waals surface area contributed by atoms with Gasteiger partial charge in [0.05, 0.1) is 13.2 Å². The summed E-state index contributed by atoms with van der Waals surface area (Å²) in [6, 6.07) is 0.349. The molecule has 1 heterocycles. The van der Waals surface area contributed by atoms with Crippen molar-refractivity contribution < 1.29 is 9.53 Å². The molecular weight excluding hydrogens is 318 g/mol. The van der Waals surface area contributed by atoms with E-state index < -0.39 is 0 Å². The van der Waals surface area contributed by atoms with E-state index in [9.17, 15) is 4.79 Å². The van der Waals surface area contributed by atoms with Crippen LogP contribution in [0.2, 0.25) is 0 Å². The fourth-order valence-electron chi connectivity index (χ4n) is 2.98. The maximum Gasteiger partial charge on any atom is 0.409 e. The molecule has 1 saturated heterocycles. The zero-order chi connectivity index (χ0) is 18.5. The number of likely N-dealkylation sites (N-methyl/N-ethyl adjacent to an activating group) is 1. The molecule has 0 aromatic heterocycles. The van der Waals surface area contributed by atoms with Crippen LogP contribution in [0.25, 0.3) is 0 Å². The predicted octanol–water partition coefficient (Wildman–Crippen LogP) is 1.89. The molecule has 0 aliphatic carbocycles. The Kier molecular flexibility index (Phi) is 11.0. The third kappa shape index (κ3) is 8.43. The number of likely N-dealkylation sites (tertiary alicyclic amines) is 1. The van der Waals surface area contributed by atoms with Crippen LogP contribution in [0.5, 0.6) is 0 Å². The van der Waals surface area contributed by atoms with E-state index in [2.05, 4.69) is 36.3 Å². The lowest BCUT2D eigenvalue weighted by Gasteiger charge is -2.32. The summed E-state index contributed by atoms with van der Waals surface area (Å²) in [5.41, 5.74) is 0. The summed E-state index contributed by atoms with van der Waals surface area (Å²) in [4.78, 5) is 20.7. The Balaban J connectivity index is 2.42. The zero-order valence-corrected chi connectivity index (χ0v) is 16.5. The van der Waals surface area contributed by atoms with Crippen molar-refractivity contribution in [2.24, 2.45) is 4.99 Å². The average Bonchev–Trinajstić information content (AvgIpc) is 2.62. The van der Waals surface area contributed by atoms with E-state index in [1.807, 2.05) is 6.92 Å². The Labute approximate surface area is 153 Å². The van der Waals surface area contributed by atoms with Gasteiger partial charge in [-0.2, -0.15) is 0 Å². The number of guanidine groups is 1. The van der Waals surface area contributed by atoms with Crippen LogP contribution in [0.3, 0.4) is 0 Å². The molecule has 0 atom stereocenters. The van der Waals surface area contributed by atoms with Gasteiger partial charge in [-0.1, -0.05) is 13.8 Å². The van der Waals surface area contributed by atoms with Gasteiger partial charge in [-0.05, 0) is 46.2 Å². The molecule has 0 bridgehead atoms. The number of nitrogens with zero attached hydrogens (tertiary/aromatic N) is 3. The number of amides is 1. The number of hydrogen-bond acceptors (Lipinski definition) is 4. The maximum atomic E-state index is 11.8. The summed E-state index contributed by atoms with van der Waals surface area (Å²) in [6.07, 6.45) is 2.81. The van der Waals surface area contributed by atoms with E-state index in [-0.39, 0.29) is 6.09 Å². The van der Waals surface area contributed by atoms with E-state index in [0.29, 0.717) is 12.6 Å². The molecule has 7 nitrogen and oxygen atoms in total. The second-order valence-electron chi connectivity index (χ2n) is 6.30. The Morgan fingerprint density at radius 2 is 1.92 bits per heavy atom. The highest BCUT2D eigenvalue weighted by molar-refractivity contribution is 5.80. The number of carbonyl (C=O) groups excluding carboxylic acids is 1. The molecule has 0 unspecified atom stereocenters. The van der Waals surface area contributed by atoms with E-state index in [0.717, 1.165) is 64.6 Å². The first-order valence-corrected chi connectivity index (χ1v) is 9.83. The Morgan fingerprint density at radius 1 is 1.20 bits per heavy atom. The van der Waals surface area contributed by atoms with E-state index in [4.69, 9.17) is 9.73 Å². The first kappa shape index (κ1) is 21.5. The third-order valence-corrected chi connectivity index (χ3v) is 4.38. The molecule has 1 fully saturated rings. The van der Waals surface area contributed by atoms with Crippen LogP contribution >= 0.6 is 0 Å². The van der Waals surface area contributed by atoms with Crippen LogP contribution in [0.15, 0.2) is 4.99 Å². The lowest BCUT2D eigenvalue weighted by atomic mass is 10.1. The van der Waals surface area contributed by atoms with Crippen molar-refractivity contribution >= 4 is 12.1 Å². The van der Waals surface area contributed by atoms with Crippen LogP contribution in [0, 0.1) is 0 Å². The fraction of sp³-hybridized carbons (Fsp3) is 0.889. The van der Waals surface area contributed by atoms with Gasteiger partial charge in [-0.3, -0.25) is 4.99 Å². The summed E-state index contributed by atoms with van der Waals surface area (Å²) in [7, 11) is 0. The highest BCUT2D eigenvalue weighted by Gasteiger charge is 2.23. The van der Waals surface area contributed by atoms with Gasteiger partial charge in [-0.15, -0.1) is 0 Å². The van der Waals surface area contributed by atoms with Crippen molar-refractivity contribution in [1.29, 1.82) is 0 Å². The number of carbonyl (C=O) groups is 1. The van der Waals surface area contributed by atoms with E-state index >= 15 is 0 Å². The summed E-state index contributed by atoms with van der Waals surface area (Å²) in [5.74, 6) is 0.879. The van der Waals surface area contributed by atoms with Crippen molar-refractivity contribution in [2.75, 3.05) is 52.4 Å². The molecule has 0 aromatic carbocycles. The number of nitrogens with one attached hydrogen (secondary N) is 2. The Morgan fingerprint density at radius 3 is 2.48 bits per heavy atom. The molecule has 1 aliphatic rings. The number of ether oxygens (including phenoxy) is 1. The first-order valence-electron chi connectivity index (χ1n) is 9.83. The molecule has 0 saturated carbocycles. The lowest BCUT2D eigenvalue weighted by molar-refractivity contribution is 0.0963. The second-order valence-corrected chi connectivity index (χ2v) is 6.30. The average molecular weight is 356 g/mol. The SMILES string of the molecule is CCCN(CC)CCN=C(NCC)NC1CCN(C(=O)OCC)CC1. The molecule has 0 aromatic rings. The molecule has 146 valence electrons. The zero-order valence-electron chi connectivity index (χ0n) is 16.5. The molecule has 0 spiro atoms. The summed E-state index contributed by atoms with van der Waals surface area (Å²) in [6.45, 7) is 15.0. The summed E-state index contributed by atoms with van der Waals surface area (Å²) in [5, 5.41) is 6.84. The van der Waals surface area contributed by atoms with Crippen molar-refractivity contribution in [2.45, 2.75) is 53.0 Å². The molecule has 7 heteroatoms. The largest absolute Gasteiger partial charge is 0.450 e. The first-order chi connectivity index (χ1) is 12.1. The molecule has 0 radical (unpaired) electrons. The smallest absolute Gasteiger partial charge is 0.409 e. The fourth-order valence-corrected chi connectivity index (χ4v) is 2.98. The van der Waals surface area contributed by atoms with Gasteiger partial charge in [0.15, 0.2) is 5.96 Å². The highest BCUT2D eigenvalue weighted by atomic mass is 16.6. The Hall–Kier alpha value is -1.50. The third-order valence-electron chi connectivity index (χ3n) is 4.38. The number of aliphatic imine (C=N–C) groups is 1. The quantitative estimate of drug-likeness (QED) is 0.488. The van der Waals surface area contributed by atoms with Gasteiger partial charge < -0.3 is 25.2 Å². The normalized spacial score (nSPS) is 16.2. The lowest BCUT2D eigenvalue weighted by Crippen LogP contribution is -2.50. The van der Waals surface area contributed by atoms with E-state index in [1.165, 1.54) is 6.42 Å². The van der Waals surface area contributed by atoms with Gasteiger partial charge in [0, 0.05) is 32.2 Å². The monoisotopic (exact) mass is 355 g/mol. The minimum Gasteiger partial charge on any atom is -0.450 e. The Bertz CT molecular complexity index is 395. The second kappa shape index (κ2) is 12.8. The predicted molar refractivity (Wildman–Crippen MR) is 103 cm³/mol. The van der Waals surface area contributed by atoms with Crippen LogP contribution in [-0.2, 0) is 4.74 Å². The molecular formula is C18H37N5O2. The van der Waals surface area contributed by atoms with Crippen LogP contribution in [-0.4, -0.2) is 80.3 Å². The molecule has 25 heavy (non-hydrogen) atoms. The van der Waals surface area contributed by atoms with Crippen molar-refractivity contribution in [3.63, 3.8) is 0 Å². The molecule has 2 N–H and O–H groups in total. The van der Waals surface area contributed by atoms with Crippen LogP contribution in [0.1, 0.15) is 47.0 Å². The summed E-state index contributed by atoms with van der Waals surface area (Å²) < 4.78 is 5.07. The minimum atomic E-state index is -0.197. The summed E-state index contributed by atoms with van der Waals surface area (Å²) >= 11 is 0. The maximum absolute atomic E-state index is 11.8. The van der Waals surface area contributed by atoms with Crippen molar-refractivity contribution in [3.8, 4) is 0 Å². The topological polar surface area (TPSA) is 69.2 Å². The van der Waals surface area contributed by atoms with Gasteiger partial charge in [0.1, 0.15) is 0 Å². The number of hydrogen-bond donors (Lipinski definition) is 2. The van der Waals surface area contributed by atoms with Gasteiger partial charge >= 0.3 is 6.09 Å². The van der Waals surface area contributed by atoms with Crippen molar-refractivity contribution in [1.82, 2.24) is 20.4 Å². The molecule has 1 rings (SSSR count). The molecule has 1 aliphatic heterocycles. The van der Waals surface area contributed by atoms with Gasteiger partial charge in [0.25, 0.3) is 0 Å². The van der Waals surface area contributed by atoms with Crippen LogP contribution < -0.4 is 10.6 Å². The van der Waals surface area contributed by atoms with Crippen molar-refractivity contribution in [3.05, 3.63) is 0 Å². The van der Waals surface area contributed by atoms with Gasteiger partial charge in [0.2, 0.25) is 0 Å². The molecule has 1 amide bonds. The minimum absolute atomic E-state index is 0.197. The number of rotatable bonds is 9. The van der Waals surface area contributed by atoms with Crippen LogP contribution in [0.4, 0.5) is 4.79 Å². The van der Waals surface area contributed by atoms with E-state index in [1.54, 1.807) is 4.90 Å². The number of piperidine rings is 1. The standard InChI is InChI=1S/C18H37N5O2/c1-5-12-22(7-3)15-11-20-17(19-6-2)21-16-9-13-23(14-10-16)18(24)25-8-4/h16H,5-15H2,1-4H3,(H2,19,20,21). The van der Waals surface area contributed by atoms with Gasteiger partial charge in [-0.25, -0.2) is 4.79 Å².